The summed E-state index contributed by atoms with van der Waals surface area (Å²) in [5.41, 5.74) is -0.241. The second-order valence-electron chi connectivity index (χ2n) is 6.20. The third-order valence-electron chi connectivity index (χ3n) is 4.76. The molecular weight excluding hydrogens is 224 g/mol. The van der Waals surface area contributed by atoms with Crippen molar-refractivity contribution in [3.8, 4) is 0 Å². The predicted octanol–water partition coefficient (Wildman–Crippen LogP) is 2.70. The molecule has 1 unspecified atom stereocenters. The zero-order chi connectivity index (χ0) is 13.2. The Balaban J connectivity index is 2.16. The van der Waals surface area contributed by atoms with Crippen LogP contribution < -0.4 is 5.32 Å². The fourth-order valence-corrected chi connectivity index (χ4v) is 3.80. The lowest BCUT2D eigenvalue weighted by Crippen LogP contribution is -2.60. The van der Waals surface area contributed by atoms with Crippen molar-refractivity contribution >= 4 is 5.91 Å². The van der Waals surface area contributed by atoms with Gasteiger partial charge in [-0.15, -0.1) is 0 Å². The smallest absolute Gasteiger partial charge is 0.243 e. The van der Waals surface area contributed by atoms with Crippen molar-refractivity contribution < 1.29 is 4.79 Å². The van der Waals surface area contributed by atoms with Crippen molar-refractivity contribution in [1.29, 1.82) is 0 Å². The maximum absolute atomic E-state index is 13.0. The van der Waals surface area contributed by atoms with Crippen LogP contribution in [-0.2, 0) is 4.79 Å². The predicted molar refractivity (Wildman–Crippen MR) is 74.5 cm³/mol. The quantitative estimate of drug-likeness (QED) is 0.837. The summed E-state index contributed by atoms with van der Waals surface area (Å²) < 4.78 is 0. The second kappa shape index (κ2) is 5.60. The molecule has 104 valence electrons. The summed E-state index contributed by atoms with van der Waals surface area (Å²) in [4.78, 5) is 15.2. The monoisotopic (exact) mass is 252 g/mol. The first-order valence-electron chi connectivity index (χ1n) is 7.68. The van der Waals surface area contributed by atoms with Crippen LogP contribution in [-0.4, -0.2) is 35.0 Å². The Kier molecular flexibility index (Phi) is 4.31. The Morgan fingerprint density at radius 3 is 2.44 bits per heavy atom. The number of carbonyl (C=O) groups excluding carboxylic acids is 1. The van der Waals surface area contributed by atoms with E-state index in [1.165, 1.54) is 6.42 Å². The number of carbonyl (C=O) groups is 1. The van der Waals surface area contributed by atoms with Gasteiger partial charge in [0.2, 0.25) is 5.91 Å². The number of piperidine rings is 1. The summed E-state index contributed by atoms with van der Waals surface area (Å²) in [5, 5.41) is 3.52. The minimum Gasteiger partial charge on any atom is -0.336 e. The van der Waals surface area contributed by atoms with Crippen molar-refractivity contribution in [2.24, 2.45) is 0 Å². The molecule has 0 aromatic carbocycles. The standard InChI is InChI=1S/C15H28N2O/c1-4-9-15(10-6-11-16-15)14(18)17-12(2)7-5-8-13(17)3/h12-13,16H,4-11H2,1-3H3/t12-,13+,15?. The number of likely N-dealkylation sites (tertiary alicyclic amines) is 1. The first-order valence-corrected chi connectivity index (χ1v) is 7.68. The van der Waals surface area contributed by atoms with Crippen LogP contribution in [0.25, 0.3) is 0 Å². The number of amides is 1. The van der Waals surface area contributed by atoms with Crippen LogP contribution in [0.15, 0.2) is 0 Å². The molecule has 3 heteroatoms. The zero-order valence-corrected chi connectivity index (χ0v) is 12.2. The van der Waals surface area contributed by atoms with E-state index in [0.29, 0.717) is 18.0 Å². The van der Waals surface area contributed by atoms with Gasteiger partial charge in [-0.2, -0.15) is 0 Å². The van der Waals surface area contributed by atoms with E-state index in [9.17, 15) is 4.79 Å². The lowest BCUT2D eigenvalue weighted by atomic mass is 9.87. The molecule has 2 saturated heterocycles. The van der Waals surface area contributed by atoms with Crippen LogP contribution in [0.1, 0.15) is 65.7 Å². The molecule has 0 radical (unpaired) electrons. The third-order valence-corrected chi connectivity index (χ3v) is 4.76. The summed E-state index contributed by atoms with van der Waals surface area (Å²) in [6.07, 6.45) is 7.83. The molecule has 0 spiro atoms. The van der Waals surface area contributed by atoms with Gasteiger partial charge >= 0.3 is 0 Å². The van der Waals surface area contributed by atoms with E-state index in [4.69, 9.17) is 0 Å². The Morgan fingerprint density at radius 2 is 1.94 bits per heavy atom. The topological polar surface area (TPSA) is 32.3 Å². The van der Waals surface area contributed by atoms with Crippen LogP contribution in [0.4, 0.5) is 0 Å². The Labute approximate surface area is 111 Å². The first-order chi connectivity index (χ1) is 8.60. The number of hydrogen-bond acceptors (Lipinski definition) is 2. The maximum Gasteiger partial charge on any atom is 0.243 e. The highest BCUT2D eigenvalue weighted by atomic mass is 16.2. The minimum absolute atomic E-state index is 0.241. The molecule has 0 saturated carbocycles. The van der Waals surface area contributed by atoms with E-state index >= 15 is 0 Å². The van der Waals surface area contributed by atoms with Crippen molar-refractivity contribution in [2.45, 2.75) is 83.3 Å². The normalized spacial score (nSPS) is 36.9. The van der Waals surface area contributed by atoms with Gasteiger partial charge < -0.3 is 10.2 Å². The Bertz CT molecular complexity index is 287. The van der Waals surface area contributed by atoms with Gasteiger partial charge in [0.1, 0.15) is 0 Å². The highest BCUT2D eigenvalue weighted by molar-refractivity contribution is 5.87. The molecule has 2 fully saturated rings. The van der Waals surface area contributed by atoms with Gasteiger partial charge in [-0.25, -0.2) is 0 Å². The van der Waals surface area contributed by atoms with Crippen LogP contribution in [0.5, 0.6) is 0 Å². The average Bonchev–Trinajstić information content (AvgIpc) is 2.79. The molecule has 0 bridgehead atoms. The summed E-state index contributed by atoms with van der Waals surface area (Å²) in [5.74, 6) is 0.376. The molecule has 0 aliphatic carbocycles. The van der Waals surface area contributed by atoms with Crippen LogP contribution in [0.3, 0.4) is 0 Å². The highest BCUT2D eigenvalue weighted by Gasteiger charge is 2.45. The second-order valence-corrected chi connectivity index (χ2v) is 6.20. The van der Waals surface area contributed by atoms with Gasteiger partial charge in [-0.3, -0.25) is 4.79 Å². The molecule has 2 aliphatic heterocycles. The molecule has 2 rings (SSSR count). The summed E-state index contributed by atoms with van der Waals surface area (Å²) >= 11 is 0. The zero-order valence-electron chi connectivity index (χ0n) is 12.2. The van der Waals surface area contributed by atoms with Gasteiger partial charge in [0.25, 0.3) is 0 Å². The van der Waals surface area contributed by atoms with Gasteiger partial charge in [-0.05, 0) is 58.9 Å². The van der Waals surface area contributed by atoms with Crippen molar-refractivity contribution in [2.75, 3.05) is 6.54 Å². The maximum atomic E-state index is 13.0. The minimum atomic E-state index is -0.241. The average molecular weight is 252 g/mol. The molecule has 1 N–H and O–H groups in total. The molecule has 0 aromatic rings. The first kappa shape index (κ1) is 13.9. The van der Waals surface area contributed by atoms with E-state index in [0.717, 1.165) is 45.1 Å². The van der Waals surface area contributed by atoms with Crippen molar-refractivity contribution in [1.82, 2.24) is 10.2 Å². The van der Waals surface area contributed by atoms with Gasteiger partial charge in [0.05, 0.1) is 5.54 Å². The molecule has 1 amide bonds. The van der Waals surface area contributed by atoms with E-state index in [1.54, 1.807) is 0 Å². The van der Waals surface area contributed by atoms with E-state index in [2.05, 4.69) is 31.0 Å². The Morgan fingerprint density at radius 1 is 1.28 bits per heavy atom. The number of hydrogen-bond donors (Lipinski definition) is 1. The fraction of sp³-hybridized carbons (Fsp3) is 0.933. The van der Waals surface area contributed by atoms with E-state index in [-0.39, 0.29) is 5.54 Å². The lowest BCUT2D eigenvalue weighted by Gasteiger charge is -2.44. The summed E-state index contributed by atoms with van der Waals surface area (Å²) in [6.45, 7) is 7.60. The van der Waals surface area contributed by atoms with Crippen molar-refractivity contribution in [3.63, 3.8) is 0 Å². The SMILES string of the molecule is CCCC1(C(=O)N2[C@H](C)CCC[C@@H]2C)CCCN1. The number of nitrogens with zero attached hydrogens (tertiary/aromatic N) is 1. The van der Waals surface area contributed by atoms with E-state index in [1.807, 2.05) is 0 Å². The van der Waals surface area contributed by atoms with Crippen LogP contribution >= 0.6 is 0 Å². The van der Waals surface area contributed by atoms with Crippen LogP contribution in [0, 0.1) is 0 Å². The van der Waals surface area contributed by atoms with Gasteiger partial charge in [0, 0.05) is 12.1 Å². The third kappa shape index (κ3) is 2.42. The number of nitrogens with one attached hydrogen (secondary N) is 1. The lowest BCUT2D eigenvalue weighted by molar-refractivity contribution is -0.144. The Hall–Kier alpha value is -0.570. The van der Waals surface area contributed by atoms with Crippen molar-refractivity contribution in [3.05, 3.63) is 0 Å². The molecule has 0 aromatic heterocycles. The van der Waals surface area contributed by atoms with Gasteiger partial charge in [0.15, 0.2) is 0 Å². The summed E-state index contributed by atoms with van der Waals surface area (Å²) in [6, 6.07) is 0.828. The van der Waals surface area contributed by atoms with Gasteiger partial charge in [-0.1, -0.05) is 13.3 Å². The summed E-state index contributed by atoms with van der Waals surface area (Å²) in [7, 11) is 0. The molecule has 2 aliphatic rings. The largest absolute Gasteiger partial charge is 0.336 e. The number of rotatable bonds is 3. The van der Waals surface area contributed by atoms with E-state index < -0.39 is 0 Å². The molecule has 3 atom stereocenters. The molecule has 18 heavy (non-hydrogen) atoms. The fourth-order valence-electron chi connectivity index (χ4n) is 3.80. The van der Waals surface area contributed by atoms with Crippen LogP contribution in [0.2, 0.25) is 0 Å². The molecule has 3 nitrogen and oxygen atoms in total. The molecular formula is C15H28N2O. The highest BCUT2D eigenvalue weighted by Crippen LogP contribution is 2.32. The molecule has 2 heterocycles.